The second-order valence-corrected chi connectivity index (χ2v) is 16.6. The van der Waals surface area contributed by atoms with E-state index in [0.717, 1.165) is 0 Å². The lowest BCUT2D eigenvalue weighted by molar-refractivity contribution is -0.166. The summed E-state index contributed by atoms with van der Waals surface area (Å²) in [7, 11) is 0. The first kappa shape index (κ1) is 41.3. The Hall–Kier alpha value is -2.77. The highest BCUT2D eigenvalue weighted by atomic mass is 16.6. The van der Waals surface area contributed by atoms with Crippen molar-refractivity contribution in [3.63, 3.8) is 0 Å². The first-order valence-electron chi connectivity index (χ1n) is 15.8. The summed E-state index contributed by atoms with van der Waals surface area (Å²) < 4.78 is 22.2. The Morgan fingerprint density at radius 3 is 1.61 bits per heavy atom. The molecule has 13 nitrogen and oxygen atoms in total. The topological polar surface area (TPSA) is 152 Å². The number of aliphatic carboxylic acids is 1. The molecule has 0 spiro atoms. The third-order valence-corrected chi connectivity index (χ3v) is 6.86. The molecule has 0 radical (unpaired) electrons. The minimum Gasteiger partial charge on any atom is -0.481 e. The maximum Gasteiger partial charge on any atom is 0.327 e. The highest BCUT2D eigenvalue weighted by molar-refractivity contribution is 5.82. The van der Waals surface area contributed by atoms with Gasteiger partial charge < -0.3 is 24.1 Å². The van der Waals surface area contributed by atoms with Crippen molar-refractivity contribution in [3.8, 4) is 0 Å². The van der Waals surface area contributed by atoms with Crippen molar-refractivity contribution >= 4 is 30.3 Å². The van der Waals surface area contributed by atoms with Crippen molar-refractivity contribution in [3.05, 3.63) is 0 Å². The summed E-state index contributed by atoms with van der Waals surface area (Å²) in [5.74, 6) is -2.92. The fourth-order valence-corrected chi connectivity index (χ4v) is 5.33. The monoisotopic (exact) mass is 657 g/mol. The van der Waals surface area contributed by atoms with Crippen molar-refractivity contribution in [1.29, 1.82) is 0 Å². The molecule has 3 atom stereocenters. The van der Waals surface area contributed by atoms with Crippen LogP contribution in [0.4, 0.5) is 0 Å². The molecule has 0 aromatic heterocycles. The molecule has 266 valence electrons. The second-order valence-electron chi connectivity index (χ2n) is 16.6. The highest BCUT2D eigenvalue weighted by Crippen LogP contribution is 2.30. The third-order valence-electron chi connectivity index (χ3n) is 6.86. The Bertz CT molecular complexity index is 1070. The van der Waals surface area contributed by atoms with Gasteiger partial charge in [0, 0.05) is 38.3 Å². The number of carbonyl (C=O) groups excluding carboxylic acids is 4. The number of nitrogens with zero attached hydrogens (tertiary/aromatic N) is 3. The molecule has 1 heterocycles. The van der Waals surface area contributed by atoms with Gasteiger partial charge in [-0.2, -0.15) is 0 Å². The normalized spacial score (nSPS) is 20.3. The van der Waals surface area contributed by atoms with Gasteiger partial charge in [0.25, 0.3) is 6.47 Å². The van der Waals surface area contributed by atoms with Crippen LogP contribution in [0, 0.1) is 5.41 Å². The molecule has 0 amide bonds. The molecule has 1 N–H and O–H groups in total. The Kier molecular flexibility index (Phi) is 14.2. The summed E-state index contributed by atoms with van der Waals surface area (Å²) >= 11 is 0. The van der Waals surface area contributed by atoms with E-state index in [1.165, 1.54) is 0 Å². The standard InChI is InChI=1S/C33H59N3O10/c1-29(2,3)19-36(17-26(40)44-30(4,5)6)33(13)20-34(23(16-25(38)39)27(41)45-31(7,8)9)14-15-35(21-33)24(18-43-22-37)28(42)46-32(10,11)12/h22-24H,14-21H2,1-13H3,(H,38,39). The lowest BCUT2D eigenvalue weighted by Gasteiger charge is -2.47. The van der Waals surface area contributed by atoms with Crippen molar-refractivity contribution < 1.29 is 48.0 Å². The Morgan fingerprint density at radius 2 is 1.22 bits per heavy atom. The quantitative estimate of drug-likeness (QED) is 0.176. The van der Waals surface area contributed by atoms with Gasteiger partial charge in [-0.25, -0.2) is 0 Å². The van der Waals surface area contributed by atoms with Crippen LogP contribution in [0.25, 0.3) is 0 Å². The van der Waals surface area contributed by atoms with E-state index in [-0.39, 0.29) is 51.2 Å². The number of carboxylic acids is 1. The van der Waals surface area contributed by atoms with Gasteiger partial charge in [0.05, 0.1) is 13.0 Å². The predicted octanol–water partition coefficient (Wildman–Crippen LogP) is 3.12. The number of hydrogen-bond donors (Lipinski definition) is 1. The van der Waals surface area contributed by atoms with Crippen LogP contribution in [-0.2, 0) is 42.9 Å². The van der Waals surface area contributed by atoms with Gasteiger partial charge in [-0.1, -0.05) is 20.8 Å². The Labute approximate surface area is 275 Å². The Morgan fingerprint density at radius 1 is 0.783 bits per heavy atom. The lowest BCUT2D eigenvalue weighted by Crippen LogP contribution is -2.63. The number of ether oxygens (including phenoxy) is 4. The minimum absolute atomic E-state index is 0.106. The molecule has 1 rings (SSSR count). The maximum absolute atomic E-state index is 13.5. The van der Waals surface area contributed by atoms with Crippen LogP contribution < -0.4 is 0 Å². The van der Waals surface area contributed by atoms with Gasteiger partial charge in [0.1, 0.15) is 35.5 Å². The van der Waals surface area contributed by atoms with E-state index in [9.17, 15) is 29.1 Å². The summed E-state index contributed by atoms with van der Waals surface area (Å²) in [5, 5.41) is 9.84. The number of esters is 3. The number of rotatable bonds is 13. The summed E-state index contributed by atoms with van der Waals surface area (Å²) in [6.45, 7) is 24.7. The van der Waals surface area contributed by atoms with E-state index < -0.39 is 64.7 Å². The van der Waals surface area contributed by atoms with Gasteiger partial charge >= 0.3 is 23.9 Å². The molecule has 1 saturated heterocycles. The number of hydrogen-bond acceptors (Lipinski definition) is 12. The lowest BCUT2D eigenvalue weighted by atomic mass is 9.90. The van der Waals surface area contributed by atoms with Gasteiger partial charge in [0.15, 0.2) is 0 Å². The maximum atomic E-state index is 13.5. The first-order chi connectivity index (χ1) is 20.6. The zero-order valence-electron chi connectivity index (χ0n) is 30.4. The molecule has 3 unspecified atom stereocenters. The highest BCUT2D eigenvalue weighted by Gasteiger charge is 2.46. The van der Waals surface area contributed by atoms with Crippen molar-refractivity contribution in [2.24, 2.45) is 5.41 Å². The third kappa shape index (κ3) is 15.2. The van der Waals surface area contributed by atoms with Crippen LogP contribution in [0.1, 0.15) is 96.4 Å². The predicted molar refractivity (Wildman–Crippen MR) is 172 cm³/mol. The summed E-state index contributed by atoms with van der Waals surface area (Å²) in [6.07, 6.45) is -0.514. The zero-order valence-corrected chi connectivity index (χ0v) is 30.4. The first-order valence-corrected chi connectivity index (χ1v) is 15.8. The zero-order chi connectivity index (χ0) is 35.9. The SMILES string of the molecule is CC(C)(C)CN(CC(=O)OC(C)(C)C)C1(C)CN(C(COC=O)C(=O)OC(C)(C)C)CCN(C(CC(=O)O)C(=O)OC(C)(C)C)C1. The minimum atomic E-state index is -1.18. The van der Waals surface area contributed by atoms with E-state index in [1.54, 1.807) is 67.2 Å². The van der Waals surface area contributed by atoms with Crippen molar-refractivity contribution in [2.75, 3.05) is 45.9 Å². The van der Waals surface area contributed by atoms with Gasteiger partial charge in [-0.05, 0) is 74.7 Å². The van der Waals surface area contributed by atoms with Crippen LogP contribution in [0.2, 0.25) is 0 Å². The molecule has 13 heteroatoms. The molecular formula is C33H59N3O10. The summed E-state index contributed by atoms with van der Waals surface area (Å²) in [5.41, 5.74) is -3.68. The fraction of sp³-hybridized carbons (Fsp3) is 0.848. The summed E-state index contributed by atoms with van der Waals surface area (Å²) in [4.78, 5) is 69.2. The molecule has 0 aromatic rings. The van der Waals surface area contributed by atoms with Crippen LogP contribution in [-0.4, -0.2) is 130 Å². The van der Waals surface area contributed by atoms with E-state index in [4.69, 9.17) is 18.9 Å². The molecule has 1 aliphatic heterocycles. The van der Waals surface area contributed by atoms with Crippen LogP contribution >= 0.6 is 0 Å². The number of carboxylic acid groups (broad SMARTS) is 1. The molecule has 1 fully saturated rings. The molecule has 0 aliphatic carbocycles. The largest absolute Gasteiger partial charge is 0.481 e. The summed E-state index contributed by atoms with van der Waals surface area (Å²) in [6, 6.07) is -2.17. The Balaban J connectivity index is 3.83. The smallest absolute Gasteiger partial charge is 0.327 e. The van der Waals surface area contributed by atoms with Crippen LogP contribution in [0.15, 0.2) is 0 Å². The molecule has 0 saturated carbocycles. The number of carbonyl (C=O) groups is 5. The molecule has 0 aromatic carbocycles. The van der Waals surface area contributed by atoms with E-state index in [2.05, 4.69) is 0 Å². The van der Waals surface area contributed by atoms with Crippen LogP contribution in [0.5, 0.6) is 0 Å². The molecule has 0 bridgehead atoms. The van der Waals surface area contributed by atoms with Gasteiger partial charge in [-0.15, -0.1) is 0 Å². The average molecular weight is 658 g/mol. The van der Waals surface area contributed by atoms with Gasteiger partial charge in [-0.3, -0.25) is 38.7 Å². The van der Waals surface area contributed by atoms with E-state index >= 15 is 0 Å². The van der Waals surface area contributed by atoms with E-state index in [1.807, 2.05) is 37.5 Å². The fourth-order valence-electron chi connectivity index (χ4n) is 5.33. The van der Waals surface area contributed by atoms with Crippen LogP contribution in [0.3, 0.4) is 0 Å². The van der Waals surface area contributed by atoms with Crippen molar-refractivity contribution in [2.45, 2.75) is 131 Å². The second kappa shape index (κ2) is 15.9. The average Bonchev–Trinajstić information content (AvgIpc) is 2.97. The molecular weight excluding hydrogens is 598 g/mol. The van der Waals surface area contributed by atoms with E-state index in [0.29, 0.717) is 6.54 Å². The van der Waals surface area contributed by atoms with Gasteiger partial charge in [0.2, 0.25) is 0 Å². The van der Waals surface area contributed by atoms with Crippen molar-refractivity contribution in [1.82, 2.24) is 14.7 Å². The molecule has 1 aliphatic rings. The molecule has 46 heavy (non-hydrogen) atoms.